The number of fused-ring (bicyclic) bond motifs is 1. The Kier molecular flexibility index (Phi) is 6.10. The average molecular weight is 472 g/mol. The summed E-state index contributed by atoms with van der Waals surface area (Å²) in [6.45, 7) is 2.60. The van der Waals surface area contributed by atoms with E-state index in [1.807, 2.05) is 53.4 Å². The summed E-state index contributed by atoms with van der Waals surface area (Å²) in [5.41, 5.74) is 2.72. The van der Waals surface area contributed by atoms with Gasteiger partial charge in [0.05, 0.1) is 25.7 Å². The lowest BCUT2D eigenvalue weighted by Gasteiger charge is -2.32. The molecule has 35 heavy (non-hydrogen) atoms. The van der Waals surface area contributed by atoms with E-state index in [-0.39, 0.29) is 23.7 Å². The third-order valence-corrected chi connectivity index (χ3v) is 7.56. The van der Waals surface area contributed by atoms with E-state index in [1.54, 1.807) is 26.4 Å². The highest BCUT2D eigenvalue weighted by molar-refractivity contribution is 5.87. The van der Waals surface area contributed by atoms with Gasteiger partial charge in [-0.05, 0) is 53.8 Å². The lowest BCUT2D eigenvalue weighted by Crippen LogP contribution is -2.34. The molecule has 3 aromatic rings. The molecule has 1 aliphatic heterocycles. The average Bonchev–Trinajstić information content (AvgIpc) is 3.11. The number of nitrogens with zero attached hydrogens (tertiary/aromatic N) is 1. The third kappa shape index (κ3) is 3.99. The number of hydrogen-bond donors (Lipinski definition) is 0. The van der Waals surface area contributed by atoms with Gasteiger partial charge in [-0.15, -0.1) is 0 Å². The first-order valence-corrected chi connectivity index (χ1v) is 12.0. The van der Waals surface area contributed by atoms with Gasteiger partial charge in [-0.25, -0.2) is 4.39 Å². The number of carbonyl (C=O) groups excluding carboxylic acids is 1. The van der Waals surface area contributed by atoms with Crippen molar-refractivity contribution < 1.29 is 18.7 Å². The number of halogens is 1. The molecule has 1 amide bonds. The molecule has 1 fully saturated rings. The van der Waals surface area contributed by atoms with E-state index in [2.05, 4.69) is 19.1 Å². The van der Waals surface area contributed by atoms with E-state index in [1.165, 1.54) is 6.07 Å². The molecule has 180 valence electrons. The van der Waals surface area contributed by atoms with Gasteiger partial charge in [0.2, 0.25) is 5.91 Å². The Morgan fingerprint density at radius 3 is 2.51 bits per heavy atom. The van der Waals surface area contributed by atoms with Crippen LogP contribution in [0, 0.1) is 17.2 Å². The standard InChI is InChI=1S/C30H30FNO3/c1-30-16-8-7-11-24(30)28(32(29(30)33)19-20-9-5-4-6-10-20)22-12-14-25(31)23(17-22)21-13-15-26(34-2)27(18-21)35-3/h4-7,9-15,17-18,24,28H,8,16,19H2,1-3H3/t24?,28?,30-/m1/s1. The summed E-state index contributed by atoms with van der Waals surface area (Å²) in [5, 5.41) is 0. The zero-order valence-electron chi connectivity index (χ0n) is 20.3. The molecule has 0 spiro atoms. The highest BCUT2D eigenvalue weighted by Gasteiger charge is 2.55. The van der Waals surface area contributed by atoms with Gasteiger partial charge in [0.25, 0.3) is 0 Å². The van der Waals surface area contributed by atoms with Crippen LogP contribution >= 0.6 is 0 Å². The van der Waals surface area contributed by atoms with Crippen molar-refractivity contribution >= 4 is 5.91 Å². The number of benzene rings is 3. The van der Waals surface area contributed by atoms with Crippen LogP contribution in [0.4, 0.5) is 4.39 Å². The number of methoxy groups -OCH3 is 2. The zero-order valence-corrected chi connectivity index (χ0v) is 20.3. The smallest absolute Gasteiger partial charge is 0.230 e. The van der Waals surface area contributed by atoms with Gasteiger partial charge in [-0.1, -0.05) is 61.5 Å². The van der Waals surface area contributed by atoms with Crippen LogP contribution in [-0.4, -0.2) is 25.0 Å². The van der Waals surface area contributed by atoms with Crippen LogP contribution in [0.5, 0.6) is 11.5 Å². The Labute approximate surface area is 206 Å². The highest BCUT2D eigenvalue weighted by Crippen LogP contribution is 2.54. The van der Waals surface area contributed by atoms with Crippen molar-refractivity contribution in [1.82, 2.24) is 4.90 Å². The topological polar surface area (TPSA) is 38.8 Å². The van der Waals surface area contributed by atoms with Crippen molar-refractivity contribution in [3.05, 3.63) is 95.8 Å². The largest absolute Gasteiger partial charge is 0.493 e. The molecule has 0 N–H and O–H groups in total. The molecule has 3 aromatic carbocycles. The second-order valence-corrected chi connectivity index (χ2v) is 9.58. The monoisotopic (exact) mass is 471 g/mol. The first-order chi connectivity index (χ1) is 17.0. The number of hydrogen-bond acceptors (Lipinski definition) is 3. The van der Waals surface area contributed by atoms with Gasteiger partial charge >= 0.3 is 0 Å². The second-order valence-electron chi connectivity index (χ2n) is 9.58. The highest BCUT2D eigenvalue weighted by atomic mass is 19.1. The quantitative estimate of drug-likeness (QED) is 0.382. The molecule has 0 radical (unpaired) electrons. The van der Waals surface area contributed by atoms with E-state index in [9.17, 15) is 4.79 Å². The molecule has 1 heterocycles. The molecule has 2 aliphatic rings. The van der Waals surface area contributed by atoms with E-state index in [4.69, 9.17) is 9.47 Å². The number of likely N-dealkylation sites (tertiary alicyclic amines) is 1. The Hall–Kier alpha value is -3.60. The van der Waals surface area contributed by atoms with Crippen molar-refractivity contribution in [2.45, 2.75) is 32.4 Å². The van der Waals surface area contributed by atoms with Crippen LogP contribution in [0.3, 0.4) is 0 Å². The maximum absolute atomic E-state index is 15.1. The molecular formula is C30H30FNO3. The van der Waals surface area contributed by atoms with Crippen molar-refractivity contribution in [2.75, 3.05) is 14.2 Å². The minimum atomic E-state index is -0.466. The Balaban J connectivity index is 1.60. The first kappa shape index (κ1) is 23.2. The van der Waals surface area contributed by atoms with Gasteiger partial charge in [0, 0.05) is 18.0 Å². The molecule has 3 atom stereocenters. The van der Waals surface area contributed by atoms with Crippen molar-refractivity contribution in [3.63, 3.8) is 0 Å². The van der Waals surface area contributed by atoms with Crippen molar-refractivity contribution in [2.24, 2.45) is 11.3 Å². The molecule has 4 nitrogen and oxygen atoms in total. The van der Waals surface area contributed by atoms with Crippen LogP contribution in [0.1, 0.15) is 36.9 Å². The predicted octanol–water partition coefficient (Wildman–Crippen LogP) is 6.57. The first-order valence-electron chi connectivity index (χ1n) is 12.0. The summed E-state index contributed by atoms with van der Waals surface area (Å²) in [4.78, 5) is 15.8. The van der Waals surface area contributed by atoms with Crippen LogP contribution in [0.15, 0.2) is 78.9 Å². The van der Waals surface area contributed by atoms with E-state index in [0.29, 0.717) is 29.2 Å². The minimum Gasteiger partial charge on any atom is -0.493 e. The molecule has 5 heteroatoms. The maximum atomic E-state index is 15.1. The van der Waals surface area contributed by atoms with Gasteiger partial charge in [0.15, 0.2) is 11.5 Å². The van der Waals surface area contributed by atoms with Gasteiger partial charge in [-0.3, -0.25) is 4.79 Å². The number of ether oxygens (including phenoxy) is 2. The third-order valence-electron chi connectivity index (χ3n) is 7.56. The number of amides is 1. The molecule has 1 aliphatic carbocycles. The fourth-order valence-corrected chi connectivity index (χ4v) is 5.65. The number of allylic oxidation sites excluding steroid dienone is 1. The van der Waals surface area contributed by atoms with Gasteiger partial charge in [-0.2, -0.15) is 0 Å². The van der Waals surface area contributed by atoms with Crippen molar-refractivity contribution in [1.29, 1.82) is 0 Å². The fraction of sp³-hybridized carbons (Fsp3) is 0.300. The molecule has 5 rings (SSSR count). The van der Waals surface area contributed by atoms with Gasteiger partial charge in [0.1, 0.15) is 5.82 Å². The van der Waals surface area contributed by atoms with E-state index < -0.39 is 5.41 Å². The molecule has 0 aromatic heterocycles. The van der Waals surface area contributed by atoms with Crippen LogP contribution in [0.2, 0.25) is 0 Å². The maximum Gasteiger partial charge on any atom is 0.230 e. The summed E-state index contributed by atoms with van der Waals surface area (Å²) in [5.74, 6) is 1.00. The van der Waals surface area contributed by atoms with Crippen LogP contribution in [-0.2, 0) is 11.3 Å². The normalized spacial score (nSPS) is 23.3. The van der Waals surface area contributed by atoms with Crippen LogP contribution in [0.25, 0.3) is 11.1 Å². The Morgan fingerprint density at radius 1 is 1.00 bits per heavy atom. The minimum absolute atomic E-state index is 0.0242. The molecular weight excluding hydrogens is 441 g/mol. The Morgan fingerprint density at radius 2 is 1.77 bits per heavy atom. The summed E-state index contributed by atoms with van der Waals surface area (Å²) >= 11 is 0. The SMILES string of the molecule is COc1ccc(-c2cc(C3C4C=CCC[C@@]4(C)C(=O)N3Cc3ccccc3)ccc2F)cc1OC. The number of rotatable bonds is 6. The summed E-state index contributed by atoms with van der Waals surface area (Å²) in [6.07, 6.45) is 6.08. The predicted molar refractivity (Wildman–Crippen MR) is 135 cm³/mol. The molecule has 0 saturated carbocycles. The zero-order chi connectivity index (χ0) is 24.6. The fourth-order valence-electron chi connectivity index (χ4n) is 5.65. The van der Waals surface area contributed by atoms with Crippen LogP contribution < -0.4 is 9.47 Å². The van der Waals surface area contributed by atoms with E-state index >= 15 is 4.39 Å². The summed E-state index contributed by atoms with van der Waals surface area (Å²) in [7, 11) is 3.14. The summed E-state index contributed by atoms with van der Waals surface area (Å²) in [6, 6.07) is 20.5. The lowest BCUT2D eigenvalue weighted by molar-refractivity contribution is -0.137. The molecule has 0 bridgehead atoms. The lowest BCUT2D eigenvalue weighted by atomic mass is 9.69. The van der Waals surface area contributed by atoms with Crippen molar-refractivity contribution in [3.8, 4) is 22.6 Å². The number of carbonyl (C=O) groups is 1. The molecule has 1 saturated heterocycles. The summed E-state index contributed by atoms with van der Waals surface area (Å²) < 4.78 is 25.9. The van der Waals surface area contributed by atoms with Gasteiger partial charge < -0.3 is 14.4 Å². The second kappa shape index (κ2) is 9.21. The molecule has 2 unspecified atom stereocenters. The van der Waals surface area contributed by atoms with E-state index in [0.717, 1.165) is 24.0 Å². The Bertz CT molecular complexity index is 1270.